The minimum Gasteiger partial charge on any atom is -0.508 e. The van der Waals surface area contributed by atoms with Crippen LogP contribution < -0.4 is 5.32 Å². The summed E-state index contributed by atoms with van der Waals surface area (Å²) >= 11 is 0. The molecule has 0 aliphatic rings. The maximum absolute atomic E-state index is 9.56. The molecule has 0 aromatic heterocycles. The summed E-state index contributed by atoms with van der Waals surface area (Å²) in [6.07, 6.45) is 7.30. The summed E-state index contributed by atoms with van der Waals surface area (Å²) in [5.74, 6) is 2.80. The second-order valence-corrected chi connectivity index (χ2v) is 3.70. The summed E-state index contributed by atoms with van der Waals surface area (Å²) in [6, 6.07) is 4.57. The molecule has 86 valence electrons. The van der Waals surface area contributed by atoms with Gasteiger partial charge in [-0.05, 0) is 12.5 Å². The molecule has 0 fully saturated rings. The normalized spacial score (nSPS) is 12.0. The van der Waals surface area contributed by atoms with E-state index in [4.69, 9.17) is 11.5 Å². The Labute approximate surface area is 96.1 Å². The van der Waals surface area contributed by atoms with Crippen LogP contribution >= 0.6 is 0 Å². The zero-order valence-corrected chi connectivity index (χ0v) is 9.40. The van der Waals surface area contributed by atoms with Gasteiger partial charge in [0.25, 0.3) is 0 Å². The second-order valence-electron chi connectivity index (χ2n) is 3.70. The maximum Gasteiger partial charge on any atom is 0.123 e. The number of hydrogen-bond acceptors (Lipinski definition) is 3. The molecule has 3 nitrogen and oxygen atoms in total. The van der Waals surface area contributed by atoms with E-state index < -0.39 is 0 Å². The van der Waals surface area contributed by atoms with Crippen molar-refractivity contribution in [2.24, 2.45) is 0 Å². The van der Waals surface area contributed by atoms with Crippen LogP contribution in [0.15, 0.2) is 18.2 Å². The Morgan fingerprint density at radius 2 is 2.19 bits per heavy atom. The maximum atomic E-state index is 9.56. The van der Waals surface area contributed by atoms with Crippen LogP contribution in [0.25, 0.3) is 0 Å². The van der Waals surface area contributed by atoms with Crippen LogP contribution in [0.5, 0.6) is 11.5 Å². The fourth-order valence-corrected chi connectivity index (χ4v) is 1.47. The standard InChI is InChI=1S/C13H17NO2/c1-3-5-11(4-2)14-9-10-6-7-12(15)8-13(10)16/h2,6-8,11,14-16H,3,5,9H2,1H3. The van der Waals surface area contributed by atoms with Gasteiger partial charge < -0.3 is 10.2 Å². The van der Waals surface area contributed by atoms with E-state index in [0.29, 0.717) is 6.54 Å². The molecule has 0 saturated heterocycles. The van der Waals surface area contributed by atoms with Gasteiger partial charge in [0.05, 0.1) is 6.04 Å². The predicted molar refractivity (Wildman–Crippen MR) is 64.1 cm³/mol. The molecule has 0 radical (unpaired) electrons. The minimum absolute atomic E-state index is 0.0261. The molecule has 1 atom stereocenters. The van der Waals surface area contributed by atoms with E-state index in [1.807, 2.05) is 0 Å². The third-order valence-corrected chi connectivity index (χ3v) is 2.39. The van der Waals surface area contributed by atoms with Crippen molar-refractivity contribution < 1.29 is 10.2 Å². The molecule has 1 rings (SSSR count). The van der Waals surface area contributed by atoms with Gasteiger partial charge >= 0.3 is 0 Å². The van der Waals surface area contributed by atoms with Gasteiger partial charge in [-0.3, -0.25) is 5.32 Å². The quantitative estimate of drug-likeness (QED) is 0.664. The van der Waals surface area contributed by atoms with Crippen molar-refractivity contribution >= 4 is 0 Å². The molecule has 1 aromatic carbocycles. The molecule has 0 saturated carbocycles. The van der Waals surface area contributed by atoms with Crippen molar-refractivity contribution in [3.8, 4) is 23.8 Å². The van der Waals surface area contributed by atoms with Gasteiger partial charge in [-0.1, -0.05) is 25.3 Å². The topological polar surface area (TPSA) is 52.5 Å². The molecular formula is C13H17NO2. The molecule has 3 heteroatoms. The molecule has 3 N–H and O–H groups in total. The van der Waals surface area contributed by atoms with Crippen molar-refractivity contribution in [3.63, 3.8) is 0 Å². The van der Waals surface area contributed by atoms with Gasteiger partial charge in [0.1, 0.15) is 11.5 Å². The van der Waals surface area contributed by atoms with Crippen molar-refractivity contribution in [2.45, 2.75) is 32.4 Å². The number of nitrogens with one attached hydrogen (secondary N) is 1. The number of rotatable bonds is 5. The molecular weight excluding hydrogens is 202 g/mol. The summed E-state index contributed by atoms with van der Waals surface area (Å²) in [6.45, 7) is 2.57. The highest BCUT2D eigenvalue weighted by atomic mass is 16.3. The molecule has 0 aliphatic heterocycles. The first-order valence-electron chi connectivity index (χ1n) is 5.37. The summed E-state index contributed by atoms with van der Waals surface area (Å²) < 4.78 is 0. The second kappa shape index (κ2) is 6.04. The summed E-state index contributed by atoms with van der Waals surface area (Å²) in [5, 5.41) is 21.9. The van der Waals surface area contributed by atoms with Crippen LogP contribution in [0, 0.1) is 12.3 Å². The number of terminal acetylenes is 1. The van der Waals surface area contributed by atoms with Crippen LogP contribution in [-0.2, 0) is 6.54 Å². The monoisotopic (exact) mass is 219 g/mol. The first-order valence-corrected chi connectivity index (χ1v) is 5.37. The molecule has 1 unspecified atom stereocenters. The lowest BCUT2D eigenvalue weighted by atomic mass is 10.1. The number of benzene rings is 1. The fourth-order valence-electron chi connectivity index (χ4n) is 1.47. The first kappa shape index (κ1) is 12.4. The lowest BCUT2D eigenvalue weighted by Gasteiger charge is -2.12. The van der Waals surface area contributed by atoms with Crippen LogP contribution in [0.4, 0.5) is 0 Å². The summed E-state index contributed by atoms with van der Waals surface area (Å²) in [4.78, 5) is 0. The van der Waals surface area contributed by atoms with E-state index in [-0.39, 0.29) is 17.5 Å². The van der Waals surface area contributed by atoms with Gasteiger partial charge in [0.2, 0.25) is 0 Å². The molecule has 0 aliphatic carbocycles. The Morgan fingerprint density at radius 1 is 1.44 bits per heavy atom. The third kappa shape index (κ3) is 3.48. The smallest absolute Gasteiger partial charge is 0.123 e. The first-order chi connectivity index (χ1) is 7.67. The van der Waals surface area contributed by atoms with Gasteiger partial charge in [0.15, 0.2) is 0 Å². The summed E-state index contributed by atoms with van der Waals surface area (Å²) in [5.41, 5.74) is 0.731. The van der Waals surface area contributed by atoms with Gasteiger partial charge in [-0.25, -0.2) is 0 Å². The van der Waals surface area contributed by atoms with Gasteiger partial charge in [0, 0.05) is 18.2 Å². The van der Waals surface area contributed by atoms with Crippen LogP contribution in [0.1, 0.15) is 25.3 Å². The highest BCUT2D eigenvalue weighted by molar-refractivity contribution is 5.38. The lowest BCUT2D eigenvalue weighted by Crippen LogP contribution is -2.26. The molecule has 0 heterocycles. The largest absolute Gasteiger partial charge is 0.508 e. The SMILES string of the molecule is C#CC(CCC)NCc1ccc(O)cc1O. The van der Waals surface area contributed by atoms with Gasteiger partial charge in [-0.15, -0.1) is 6.42 Å². The van der Waals surface area contributed by atoms with Crippen molar-refractivity contribution in [3.05, 3.63) is 23.8 Å². The van der Waals surface area contributed by atoms with E-state index in [1.165, 1.54) is 6.07 Å². The van der Waals surface area contributed by atoms with Crippen LogP contribution in [0.3, 0.4) is 0 Å². The van der Waals surface area contributed by atoms with E-state index in [0.717, 1.165) is 18.4 Å². The Bertz CT molecular complexity index is 382. The third-order valence-electron chi connectivity index (χ3n) is 2.39. The Kier molecular flexibility index (Phi) is 4.68. The van der Waals surface area contributed by atoms with E-state index >= 15 is 0 Å². The van der Waals surface area contributed by atoms with E-state index in [2.05, 4.69) is 18.2 Å². The van der Waals surface area contributed by atoms with Crippen LogP contribution in [0.2, 0.25) is 0 Å². The predicted octanol–water partition coefficient (Wildman–Crippen LogP) is 1.99. The van der Waals surface area contributed by atoms with Crippen LogP contribution in [-0.4, -0.2) is 16.3 Å². The number of phenols is 2. The zero-order valence-electron chi connectivity index (χ0n) is 9.40. The fraction of sp³-hybridized carbons (Fsp3) is 0.385. The molecule has 0 amide bonds. The highest BCUT2D eigenvalue weighted by Gasteiger charge is 2.06. The average Bonchev–Trinajstić information content (AvgIpc) is 2.26. The minimum atomic E-state index is 0.0261. The number of phenolic OH excluding ortho intramolecular Hbond substituents is 2. The summed E-state index contributed by atoms with van der Waals surface area (Å²) in [7, 11) is 0. The highest BCUT2D eigenvalue weighted by Crippen LogP contribution is 2.22. The van der Waals surface area contributed by atoms with Gasteiger partial charge in [-0.2, -0.15) is 0 Å². The number of aromatic hydroxyl groups is 2. The van der Waals surface area contributed by atoms with Crippen molar-refractivity contribution in [2.75, 3.05) is 0 Å². The van der Waals surface area contributed by atoms with E-state index in [1.54, 1.807) is 12.1 Å². The van der Waals surface area contributed by atoms with Crippen molar-refractivity contribution in [1.82, 2.24) is 5.32 Å². The molecule has 0 bridgehead atoms. The lowest BCUT2D eigenvalue weighted by molar-refractivity contribution is 0.441. The Balaban J connectivity index is 2.57. The van der Waals surface area contributed by atoms with E-state index in [9.17, 15) is 5.11 Å². The Morgan fingerprint density at radius 3 is 2.75 bits per heavy atom. The molecule has 1 aromatic rings. The number of hydrogen-bond donors (Lipinski definition) is 3. The average molecular weight is 219 g/mol. The molecule has 0 spiro atoms. The Hall–Kier alpha value is -1.66. The molecule has 16 heavy (non-hydrogen) atoms. The zero-order chi connectivity index (χ0) is 12.0. The van der Waals surface area contributed by atoms with Crippen molar-refractivity contribution in [1.29, 1.82) is 0 Å².